The van der Waals surface area contributed by atoms with Crippen molar-refractivity contribution in [1.29, 1.82) is 5.26 Å². The third-order valence-corrected chi connectivity index (χ3v) is 7.64. The first-order chi connectivity index (χ1) is 13.0. The van der Waals surface area contributed by atoms with Crippen molar-refractivity contribution in [2.75, 3.05) is 11.1 Å². The smallest absolute Gasteiger partial charge is 0.253 e. The van der Waals surface area contributed by atoms with E-state index < -0.39 is 5.56 Å². The number of H-pyrrole nitrogens is 1. The fraction of sp³-hybridized carbons (Fsp3) is 0.294. The number of rotatable bonds is 4. The maximum atomic E-state index is 12.3. The van der Waals surface area contributed by atoms with Crippen molar-refractivity contribution < 1.29 is 9.90 Å². The number of carbonyl (C=O) groups is 1. The van der Waals surface area contributed by atoms with Crippen LogP contribution in [0.5, 0.6) is 5.75 Å². The highest BCUT2D eigenvalue weighted by Gasteiger charge is 2.22. The highest BCUT2D eigenvalue weighted by Crippen LogP contribution is 2.38. The van der Waals surface area contributed by atoms with Gasteiger partial charge in [-0.15, -0.1) is 22.7 Å². The third-order valence-electron chi connectivity index (χ3n) is 4.21. The lowest BCUT2D eigenvalue weighted by Crippen LogP contribution is -2.14. The van der Waals surface area contributed by atoms with Gasteiger partial charge in [0.15, 0.2) is 9.99 Å². The number of amides is 1. The minimum Gasteiger partial charge on any atom is -0.506 e. The van der Waals surface area contributed by atoms with Crippen LogP contribution < -0.4 is 10.9 Å². The van der Waals surface area contributed by atoms with E-state index in [1.165, 1.54) is 39.3 Å². The maximum Gasteiger partial charge on any atom is 0.253 e. The number of carbonyl (C=O) groups excluding carboxylic acids is 1. The van der Waals surface area contributed by atoms with Crippen LogP contribution in [0.25, 0.3) is 10.3 Å². The summed E-state index contributed by atoms with van der Waals surface area (Å²) < 4.78 is 1.05. The molecule has 3 N–H and O–H groups in total. The van der Waals surface area contributed by atoms with Gasteiger partial charge < -0.3 is 15.4 Å². The van der Waals surface area contributed by atoms with Crippen molar-refractivity contribution >= 4 is 55.7 Å². The molecule has 0 unspecified atom stereocenters. The van der Waals surface area contributed by atoms with Crippen molar-refractivity contribution in [2.24, 2.45) is 0 Å². The fourth-order valence-electron chi connectivity index (χ4n) is 3.03. The normalized spacial score (nSPS) is 13.3. The molecule has 3 heterocycles. The number of aromatic amines is 1. The Morgan fingerprint density at radius 2 is 2.22 bits per heavy atom. The van der Waals surface area contributed by atoms with Crippen LogP contribution in [0.1, 0.15) is 28.8 Å². The quantitative estimate of drug-likeness (QED) is 0.560. The molecule has 7 nitrogen and oxygen atoms in total. The number of aromatic nitrogens is 2. The summed E-state index contributed by atoms with van der Waals surface area (Å²) in [6, 6.07) is 3.33. The number of thioether (sulfide) groups is 1. The van der Waals surface area contributed by atoms with Gasteiger partial charge in [0.2, 0.25) is 5.91 Å². The Morgan fingerprint density at radius 3 is 3.04 bits per heavy atom. The molecule has 0 fully saturated rings. The molecule has 27 heavy (non-hydrogen) atoms. The second kappa shape index (κ2) is 7.34. The zero-order chi connectivity index (χ0) is 19.0. The lowest BCUT2D eigenvalue weighted by atomic mass is 9.96. The number of nitrogens with zero attached hydrogens (tertiary/aromatic N) is 2. The van der Waals surface area contributed by atoms with E-state index in [0.29, 0.717) is 25.3 Å². The summed E-state index contributed by atoms with van der Waals surface area (Å²) in [6.07, 6.45) is 4.06. The summed E-state index contributed by atoms with van der Waals surface area (Å²) in [5.41, 5.74) is 1.56. The van der Waals surface area contributed by atoms with E-state index in [9.17, 15) is 20.0 Å². The minimum absolute atomic E-state index is 0.120. The van der Waals surface area contributed by atoms with Gasteiger partial charge in [0.1, 0.15) is 21.5 Å². The maximum absolute atomic E-state index is 12.3. The first-order valence-electron chi connectivity index (χ1n) is 8.25. The monoisotopic (exact) mass is 418 g/mol. The van der Waals surface area contributed by atoms with Crippen molar-refractivity contribution in [2.45, 2.75) is 30.0 Å². The van der Waals surface area contributed by atoms with Gasteiger partial charge in [0.05, 0.1) is 11.3 Å². The molecule has 0 saturated heterocycles. The lowest BCUT2D eigenvalue weighted by Gasteiger charge is -2.09. The Kier molecular flexibility index (Phi) is 4.90. The first-order valence-corrected chi connectivity index (χ1v) is 10.9. The third kappa shape index (κ3) is 3.58. The molecule has 0 saturated carbocycles. The van der Waals surface area contributed by atoms with E-state index in [-0.39, 0.29) is 17.4 Å². The molecule has 1 aliphatic carbocycles. The Labute approximate surface area is 166 Å². The van der Waals surface area contributed by atoms with Crippen LogP contribution >= 0.6 is 34.4 Å². The molecule has 10 heteroatoms. The molecule has 4 rings (SSSR count). The zero-order valence-corrected chi connectivity index (χ0v) is 16.4. The summed E-state index contributed by atoms with van der Waals surface area (Å²) in [4.78, 5) is 31.7. The Balaban J connectivity index is 1.46. The second-order valence-electron chi connectivity index (χ2n) is 6.04. The predicted octanol–water partition coefficient (Wildman–Crippen LogP) is 3.23. The van der Waals surface area contributed by atoms with Gasteiger partial charge in [0.25, 0.3) is 5.56 Å². The van der Waals surface area contributed by atoms with Gasteiger partial charge in [-0.3, -0.25) is 9.59 Å². The molecular formula is C17H14N4O3S3. The number of fused-ring (bicyclic) bond motifs is 2. The summed E-state index contributed by atoms with van der Waals surface area (Å²) in [5.74, 6) is -0.212. The van der Waals surface area contributed by atoms with Crippen LogP contribution in [-0.2, 0) is 17.6 Å². The van der Waals surface area contributed by atoms with Crippen molar-refractivity contribution in [3.05, 3.63) is 32.4 Å². The number of nitrogens with one attached hydrogen (secondary N) is 2. The standard InChI is InChI=1S/C17H14N4O3S3/c18-6-9-8-3-1-2-4-11(8)26-16(9)20-13(24)7-25-17-21-15-14(27-17)10(22)5-12(23)19-15/h5H,1-4,7H2,(H,20,24)(H2,19,22,23). The number of anilines is 1. The molecule has 0 bridgehead atoms. The number of pyridine rings is 1. The first kappa shape index (κ1) is 18.0. The number of thiazole rings is 1. The molecule has 0 aliphatic heterocycles. The average molecular weight is 419 g/mol. The van der Waals surface area contributed by atoms with Crippen molar-refractivity contribution in [3.8, 4) is 11.8 Å². The number of hydrogen-bond donors (Lipinski definition) is 3. The number of aryl methyl sites for hydroxylation is 1. The van der Waals surface area contributed by atoms with Gasteiger partial charge >= 0.3 is 0 Å². The molecule has 138 valence electrons. The van der Waals surface area contributed by atoms with Crippen LogP contribution in [0.3, 0.4) is 0 Å². The highest BCUT2D eigenvalue weighted by atomic mass is 32.2. The summed E-state index contributed by atoms with van der Waals surface area (Å²) >= 11 is 3.93. The van der Waals surface area contributed by atoms with Crippen molar-refractivity contribution in [1.82, 2.24) is 9.97 Å². The SMILES string of the molecule is N#Cc1c(NC(=O)CSc2nc3[nH]c(=O)cc(O)c3s2)sc2c1CCCC2. The van der Waals surface area contributed by atoms with E-state index >= 15 is 0 Å². The van der Waals surface area contributed by atoms with Gasteiger partial charge in [-0.2, -0.15) is 5.26 Å². The van der Waals surface area contributed by atoms with Gasteiger partial charge in [0, 0.05) is 10.9 Å². The molecule has 1 aliphatic rings. The van der Waals surface area contributed by atoms with Crippen LogP contribution in [0, 0.1) is 11.3 Å². The number of nitriles is 1. The van der Waals surface area contributed by atoms with E-state index in [1.807, 2.05) is 0 Å². The Hall–Kier alpha value is -2.35. The van der Waals surface area contributed by atoms with Crippen LogP contribution in [0.2, 0.25) is 0 Å². The minimum atomic E-state index is -0.426. The average Bonchev–Trinajstić information content (AvgIpc) is 3.20. The number of thiophene rings is 1. The van der Waals surface area contributed by atoms with Crippen LogP contribution in [0.15, 0.2) is 15.2 Å². The topological polar surface area (TPSA) is 119 Å². The van der Waals surface area contributed by atoms with Crippen LogP contribution in [0.4, 0.5) is 5.00 Å². The van der Waals surface area contributed by atoms with Gasteiger partial charge in [-0.05, 0) is 31.2 Å². The Bertz CT molecular complexity index is 1140. The summed E-state index contributed by atoms with van der Waals surface area (Å²) in [5, 5.41) is 22.7. The molecule has 0 atom stereocenters. The molecule has 1 amide bonds. The molecule has 3 aromatic rings. The van der Waals surface area contributed by atoms with Crippen molar-refractivity contribution in [3.63, 3.8) is 0 Å². The molecule has 0 aromatic carbocycles. The lowest BCUT2D eigenvalue weighted by molar-refractivity contribution is -0.113. The van der Waals surface area contributed by atoms with Gasteiger partial charge in [-0.1, -0.05) is 11.8 Å². The fourth-order valence-corrected chi connectivity index (χ4v) is 6.09. The van der Waals surface area contributed by atoms with E-state index in [2.05, 4.69) is 21.4 Å². The predicted molar refractivity (Wildman–Crippen MR) is 107 cm³/mol. The molecule has 0 radical (unpaired) electrons. The largest absolute Gasteiger partial charge is 0.506 e. The molecule has 3 aromatic heterocycles. The highest BCUT2D eigenvalue weighted by molar-refractivity contribution is 8.01. The second-order valence-corrected chi connectivity index (χ2v) is 9.37. The molecule has 0 spiro atoms. The van der Waals surface area contributed by atoms with Gasteiger partial charge in [-0.25, -0.2) is 4.98 Å². The zero-order valence-electron chi connectivity index (χ0n) is 14.0. The molecular weight excluding hydrogens is 404 g/mol. The number of aromatic hydroxyl groups is 1. The Morgan fingerprint density at radius 1 is 1.41 bits per heavy atom. The number of hydrogen-bond acceptors (Lipinski definition) is 8. The van der Waals surface area contributed by atoms with E-state index in [0.717, 1.165) is 37.3 Å². The van der Waals surface area contributed by atoms with Crippen LogP contribution in [-0.4, -0.2) is 26.7 Å². The summed E-state index contributed by atoms with van der Waals surface area (Å²) in [6.45, 7) is 0. The van der Waals surface area contributed by atoms with E-state index in [1.54, 1.807) is 0 Å². The summed E-state index contributed by atoms with van der Waals surface area (Å²) in [7, 11) is 0. The van der Waals surface area contributed by atoms with E-state index in [4.69, 9.17) is 0 Å².